The Morgan fingerprint density at radius 2 is 1.86 bits per heavy atom. The van der Waals surface area contributed by atoms with Crippen LogP contribution in [0.25, 0.3) is 0 Å². The Hall–Kier alpha value is -1.59. The van der Waals surface area contributed by atoms with Crippen molar-refractivity contribution in [1.82, 2.24) is 5.32 Å². The van der Waals surface area contributed by atoms with Gasteiger partial charge in [-0.2, -0.15) is 0 Å². The van der Waals surface area contributed by atoms with Gasteiger partial charge in [-0.15, -0.1) is 0 Å². The fourth-order valence-electron chi connectivity index (χ4n) is 2.70. The van der Waals surface area contributed by atoms with Crippen molar-refractivity contribution in [2.24, 2.45) is 11.7 Å². The van der Waals surface area contributed by atoms with Gasteiger partial charge in [-0.3, -0.25) is 4.79 Å². The standard InChI is InChI=1S/C16H24N2O3/c17-15(9-11-1-5-13(19)6-2-11)16(21)18-10-12-3-7-14(20)8-4-12/h1-2,5-6,12,14-15,19-20H,3-4,7-10,17H2,(H,18,21)/t12?,14?,15-/m0/s1. The van der Waals surface area contributed by atoms with E-state index in [2.05, 4.69) is 5.32 Å². The molecule has 1 aliphatic rings. The molecule has 1 saturated carbocycles. The number of benzene rings is 1. The van der Waals surface area contributed by atoms with Crippen LogP contribution in [0.3, 0.4) is 0 Å². The Morgan fingerprint density at radius 1 is 1.24 bits per heavy atom. The third kappa shape index (κ3) is 5.02. The van der Waals surface area contributed by atoms with Crippen molar-refractivity contribution in [2.45, 2.75) is 44.2 Å². The number of aliphatic hydroxyl groups excluding tert-OH is 1. The lowest BCUT2D eigenvalue weighted by molar-refractivity contribution is -0.122. The van der Waals surface area contributed by atoms with Crippen LogP contribution in [0.5, 0.6) is 5.75 Å². The molecule has 1 aromatic rings. The molecule has 1 aliphatic carbocycles. The van der Waals surface area contributed by atoms with Crippen molar-refractivity contribution in [3.8, 4) is 5.75 Å². The third-order valence-electron chi connectivity index (χ3n) is 4.11. The van der Waals surface area contributed by atoms with Gasteiger partial charge in [0.2, 0.25) is 5.91 Å². The quantitative estimate of drug-likeness (QED) is 0.649. The fourth-order valence-corrected chi connectivity index (χ4v) is 2.70. The smallest absolute Gasteiger partial charge is 0.237 e. The van der Waals surface area contributed by atoms with Crippen molar-refractivity contribution >= 4 is 5.91 Å². The zero-order valence-corrected chi connectivity index (χ0v) is 12.2. The van der Waals surface area contributed by atoms with E-state index in [4.69, 9.17) is 5.73 Å². The summed E-state index contributed by atoms with van der Waals surface area (Å²) in [6, 6.07) is 6.14. The summed E-state index contributed by atoms with van der Waals surface area (Å²) in [5.41, 5.74) is 6.84. The highest BCUT2D eigenvalue weighted by Gasteiger charge is 2.21. The molecule has 1 amide bonds. The molecule has 1 atom stereocenters. The summed E-state index contributed by atoms with van der Waals surface area (Å²) in [7, 11) is 0. The second-order valence-corrected chi connectivity index (χ2v) is 5.90. The molecule has 21 heavy (non-hydrogen) atoms. The zero-order chi connectivity index (χ0) is 15.2. The van der Waals surface area contributed by atoms with Crippen LogP contribution < -0.4 is 11.1 Å². The molecule has 2 rings (SSSR count). The molecule has 5 N–H and O–H groups in total. The van der Waals surface area contributed by atoms with E-state index in [1.165, 1.54) is 0 Å². The Labute approximate surface area is 125 Å². The summed E-state index contributed by atoms with van der Waals surface area (Å²) in [5.74, 6) is 0.503. The second kappa shape index (κ2) is 7.43. The van der Waals surface area contributed by atoms with Crippen LogP contribution in [0, 0.1) is 5.92 Å². The van der Waals surface area contributed by atoms with Crippen LogP contribution in [0.1, 0.15) is 31.2 Å². The highest BCUT2D eigenvalue weighted by atomic mass is 16.3. The van der Waals surface area contributed by atoms with Crippen molar-refractivity contribution in [1.29, 1.82) is 0 Å². The summed E-state index contributed by atoms with van der Waals surface area (Å²) in [6.07, 6.45) is 3.83. The molecule has 1 fully saturated rings. The number of nitrogens with two attached hydrogens (primary N) is 1. The van der Waals surface area contributed by atoms with Crippen LogP contribution >= 0.6 is 0 Å². The predicted molar refractivity (Wildman–Crippen MR) is 80.8 cm³/mol. The molecule has 0 bridgehead atoms. The Bertz CT molecular complexity index is 453. The number of carbonyl (C=O) groups excluding carboxylic acids is 1. The lowest BCUT2D eigenvalue weighted by Crippen LogP contribution is -2.44. The van der Waals surface area contributed by atoms with E-state index < -0.39 is 6.04 Å². The average Bonchev–Trinajstić information content (AvgIpc) is 2.48. The zero-order valence-electron chi connectivity index (χ0n) is 12.2. The number of phenols is 1. The SMILES string of the molecule is N[C@@H](Cc1ccc(O)cc1)C(=O)NCC1CCC(O)CC1. The third-order valence-corrected chi connectivity index (χ3v) is 4.11. The van der Waals surface area contributed by atoms with Crippen molar-refractivity contribution in [3.63, 3.8) is 0 Å². The van der Waals surface area contributed by atoms with Gasteiger partial charge >= 0.3 is 0 Å². The molecule has 0 unspecified atom stereocenters. The Balaban J connectivity index is 1.73. The minimum absolute atomic E-state index is 0.144. The maximum absolute atomic E-state index is 12.0. The highest BCUT2D eigenvalue weighted by Crippen LogP contribution is 2.23. The number of carbonyl (C=O) groups is 1. The topological polar surface area (TPSA) is 95.6 Å². The number of hydrogen-bond acceptors (Lipinski definition) is 4. The van der Waals surface area contributed by atoms with E-state index in [9.17, 15) is 15.0 Å². The molecule has 0 aliphatic heterocycles. The molecule has 0 spiro atoms. The van der Waals surface area contributed by atoms with Crippen LogP contribution in [-0.4, -0.2) is 34.8 Å². The van der Waals surface area contributed by atoms with Crippen molar-refractivity contribution in [3.05, 3.63) is 29.8 Å². The van der Waals surface area contributed by atoms with Crippen molar-refractivity contribution in [2.75, 3.05) is 6.54 Å². The molecule has 1 aromatic carbocycles. The minimum atomic E-state index is -0.580. The number of amides is 1. The molecule has 0 heterocycles. The monoisotopic (exact) mass is 292 g/mol. The Morgan fingerprint density at radius 3 is 2.48 bits per heavy atom. The first kappa shape index (κ1) is 15.8. The van der Waals surface area contributed by atoms with E-state index in [-0.39, 0.29) is 17.8 Å². The summed E-state index contributed by atoms with van der Waals surface area (Å²) < 4.78 is 0. The number of nitrogens with one attached hydrogen (secondary N) is 1. The minimum Gasteiger partial charge on any atom is -0.508 e. The van der Waals surface area contributed by atoms with Gasteiger partial charge in [0.1, 0.15) is 5.75 Å². The predicted octanol–water partition coefficient (Wildman–Crippen LogP) is 0.929. The van der Waals surface area contributed by atoms with Gasteiger partial charge in [0.15, 0.2) is 0 Å². The van der Waals surface area contributed by atoms with Gasteiger partial charge in [0, 0.05) is 6.54 Å². The van der Waals surface area contributed by atoms with E-state index >= 15 is 0 Å². The van der Waals surface area contributed by atoms with Gasteiger partial charge in [-0.25, -0.2) is 0 Å². The number of aromatic hydroxyl groups is 1. The van der Waals surface area contributed by atoms with E-state index in [0.717, 1.165) is 31.2 Å². The van der Waals surface area contributed by atoms with Crippen LogP contribution in [0.4, 0.5) is 0 Å². The second-order valence-electron chi connectivity index (χ2n) is 5.90. The van der Waals surface area contributed by atoms with Crippen LogP contribution in [0.2, 0.25) is 0 Å². The van der Waals surface area contributed by atoms with E-state index in [0.29, 0.717) is 18.9 Å². The number of hydrogen-bond donors (Lipinski definition) is 4. The summed E-state index contributed by atoms with van der Waals surface area (Å²) in [5, 5.41) is 21.6. The first-order chi connectivity index (χ1) is 10.0. The Kier molecular flexibility index (Phi) is 5.59. The molecule has 0 aromatic heterocycles. The van der Waals surface area contributed by atoms with Gasteiger partial charge < -0.3 is 21.3 Å². The normalized spacial score (nSPS) is 23.5. The largest absolute Gasteiger partial charge is 0.508 e. The van der Waals surface area contributed by atoms with E-state index in [1.807, 2.05) is 0 Å². The summed E-state index contributed by atoms with van der Waals surface area (Å²) in [4.78, 5) is 12.0. The molecule has 5 heteroatoms. The molecule has 116 valence electrons. The fraction of sp³-hybridized carbons (Fsp3) is 0.562. The first-order valence-electron chi connectivity index (χ1n) is 7.54. The highest BCUT2D eigenvalue weighted by molar-refractivity contribution is 5.81. The van der Waals surface area contributed by atoms with E-state index in [1.54, 1.807) is 24.3 Å². The van der Waals surface area contributed by atoms with Crippen LogP contribution in [0.15, 0.2) is 24.3 Å². The molecule has 0 saturated heterocycles. The number of phenolic OH excluding ortho intramolecular Hbond substituents is 1. The lowest BCUT2D eigenvalue weighted by atomic mass is 9.87. The molecule has 5 nitrogen and oxygen atoms in total. The maximum atomic E-state index is 12.0. The molecular formula is C16H24N2O3. The van der Waals surface area contributed by atoms with Gasteiger partial charge in [0.25, 0.3) is 0 Å². The first-order valence-corrected chi connectivity index (χ1v) is 7.54. The van der Waals surface area contributed by atoms with Gasteiger partial charge in [-0.1, -0.05) is 12.1 Å². The maximum Gasteiger partial charge on any atom is 0.237 e. The molecular weight excluding hydrogens is 268 g/mol. The number of rotatable bonds is 5. The van der Waals surface area contributed by atoms with Crippen LogP contribution in [-0.2, 0) is 11.2 Å². The van der Waals surface area contributed by atoms with Gasteiger partial charge in [0.05, 0.1) is 12.1 Å². The molecule has 0 radical (unpaired) electrons. The van der Waals surface area contributed by atoms with Crippen molar-refractivity contribution < 1.29 is 15.0 Å². The summed E-state index contributed by atoms with van der Waals surface area (Å²) >= 11 is 0. The average molecular weight is 292 g/mol. The number of aliphatic hydroxyl groups is 1. The lowest BCUT2D eigenvalue weighted by Gasteiger charge is -2.26. The summed E-state index contributed by atoms with van der Waals surface area (Å²) in [6.45, 7) is 0.634. The van der Waals surface area contributed by atoms with Gasteiger partial charge in [-0.05, 0) is 55.7 Å².